The van der Waals surface area contributed by atoms with Crippen LogP contribution >= 0.6 is 0 Å². The molecule has 1 aliphatic rings. The summed E-state index contributed by atoms with van der Waals surface area (Å²) in [6.45, 7) is 4.27. The Bertz CT molecular complexity index is 1380. The molecule has 0 bridgehead atoms. The predicted molar refractivity (Wildman–Crippen MR) is 142 cm³/mol. The molecule has 0 spiro atoms. The van der Waals surface area contributed by atoms with Gasteiger partial charge in [-0.3, -0.25) is 14.5 Å². The number of hydrogen-bond acceptors (Lipinski definition) is 4. The molecule has 36 heavy (non-hydrogen) atoms. The molecule has 186 valence electrons. The Balaban J connectivity index is 1.30. The van der Waals surface area contributed by atoms with E-state index in [4.69, 9.17) is 4.42 Å². The van der Waals surface area contributed by atoms with Crippen molar-refractivity contribution < 1.29 is 9.21 Å². The molecule has 1 amide bonds. The lowest BCUT2D eigenvalue weighted by Crippen LogP contribution is -2.47. The third-order valence-corrected chi connectivity index (χ3v) is 7.60. The van der Waals surface area contributed by atoms with E-state index in [1.165, 1.54) is 5.56 Å². The van der Waals surface area contributed by atoms with E-state index in [0.29, 0.717) is 23.8 Å². The van der Waals surface area contributed by atoms with Crippen molar-refractivity contribution in [1.82, 2.24) is 14.8 Å². The zero-order chi connectivity index (χ0) is 25.1. The summed E-state index contributed by atoms with van der Waals surface area (Å²) >= 11 is 0. The van der Waals surface area contributed by atoms with Gasteiger partial charge in [0.2, 0.25) is 0 Å². The fourth-order valence-corrected chi connectivity index (χ4v) is 5.47. The number of aryl methyl sites for hydroxylation is 1. The second-order valence-corrected chi connectivity index (χ2v) is 9.89. The van der Waals surface area contributed by atoms with Crippen molar-refractivity contribution in [3.8, 4) is 0 Å². The monoisotopic (exact) mass is 483 g/mol. The summed E-state index contributed by atoms with van der Waals surface area (Å²) in [7, 11) is 1.92. The summed E-state index contributed by atoms with van der Waals surface area (Å²) in [5, 5.41) is 1.06. The molecule has 0 saturated carbocycles. The van der Waals surface area contributed by atoms with Crippen LogP contribution < -0.4 is 5.56 Å². The van der Waals surface area contributed by atoms with Gasteiger partial charge in [-0.25, -0.2) is 0 Å². The molecule has 3 heterocycles. The minimum atomic E-state index is -0.0152. The Kier molecular flexibility index (Phi) is 7.05. The van der Waals surface area contributed by atoms with E-state index in [9.17, 15) is 9.59 Å². The molecule has 1 saturated heterocycles. The first-order chi connectivity index (χ1) is 17.5. The number of likely N-dealkylation sites (N-methyl/N-ethyl adjacent to an activating group) is 1. The van der Waals surface area contributed by atoms with Gasteiger partial charge in [-0.05, 0) is 74.3 Å². The van der Waals surface area contributed by atoms with Crippen LogP contribution in [0, 0.1) is 12.8 Å². The average Bonchev–Trinajstić information content (AvgIpc) is 3.34. The Morgan fingerprint density at radius 1 is 1.08 bits per heavy atom. The number of fused-ring (bicyclic) bond motifs is 1. The van der Waals surface area contributed by atoms with Gasteiger partial charge < -0.3 is 14.3 Å². The van der Waals surface area contributed by atoms with Crippen LogP contribution in [0.2, 0.25) is 0 Å². The molecule has 2 aromatic heterocycles. The molecule has 5 rings (SSSR count). The topological polar surface area (TPSA) is 69.6 Å². The van der Waals surface area contributed by atoms with Gasteiger partial charge in [0.05, 0.1) is 11.8 Å². The minimum Gasteiger partial charge on any atom is -0.469 e. The zero-order valence-corrected chi connectivity index (χ0v) is 20.9. The molecule has 0 radical (unpaired) electrons. The van der Waals surface area contributed by atoms with Crippen molar-refractivity contribution in [3.05, 3.63) is 106 Å². The lowest BCUT2D eigenvalue weighted by Gasteiger charge is -2.40. The van der Waals surface area contributed by atoms with Crippen LogP contribution in [0.3, 0.4) is 0 Å². The second kappa shape index (κ2) is 10.5. The van der Waals surface area contributed by atoms with E-state index in [0.717, 1.165) is 48.8 Å². The number of nitrogens with one attached hydrogen (secondary N) is 1. The predicted octanol–water partition coefficient (Wildman–Crippen LogP) is 5.03. The van der Waals surface area contributed by atoms with Gasteiger partial charge >= 0.3 is 0 Å². The number of amides is 1. The lowest BCUT2D eigenvalue weighted by atomic mass is 9.84. The fraction of sp³-hybridized carbons (Fsp3) is 0.333. The van der Waals surface area contributed by atoms with Gasteiger partial charge in [-0.2, -0.15) is 0 Å². The van der Waals surface area contributed by atoms with Gasteiger partial charge in [0.15, 0.2) is 0 Å². The highest BCUT2D eigenvalue weighted by atomic mass is 16.3. The fourth-order valence-electron chi connectivity index (χ4n) is 5.47. The number of furan rings is 1. The maximum Gasteiger partial charge on any atom is 0.257 e. The second-order valence-electron chi connectivity index (χ2n) is 9.89. The minimum absolute atomic E-state index is 0.00677. The summed E-state index contributed by atoms with van der Waals surface area (Å²) in [6.07, 6.45) is 4.35. The average molecular weight is 484 g/mol. The molecule has 1 atom stereocenters. The number of aromatic nitrogens is 1. The molecule has 1 fully saturated rings. The number of benzene rings is 2. The number of nitrogens with zero attached hydrogens (tertiary/aromatic N) is 2. The number of carbonyl (C=O) groups excluding carboxylic acids is 1. The molecular formula is C30H33N3O3. The summed E-state index contributed by atoms with van der Waals surface area (Å²) < 4.78 is 5.40. The molecule has 1 N–H and O–H groups in total. The number of carbonyl (C=O) groups is 1. The number of piperidine rings is 1. The van der Waals surface area contributed by atoms with E-state index in [1.807, 2.05) is 55.3 Å². The highest BCUT2D eigenvalue weighted by Crippen LogP contribution is 2.28. The van der Waals surface area contributed by atoms with Crippen molar-refractivity contribution in [3.63, 3.8) is 0 Å². The summed E-state index contributed by atoms with van der Waals surface area (Å²) in [6, 6.07) is 22.1. The van der Waals surface area contributed by atoms with E-state index in [1.54, 1.807) is 12.3 Å². The van der Waals surface area contributed by atoms with E-state index in [2.05, 4.69) is 34.1 Å². The Morgan fingerprint density at radius 2 is 1.81 bits per heavy atom. The zero-order valence-electron chi connectivity index (χ0n) is 20.9. The van der Waals surface area contributed by atoms with Crippen LogP contribution in [0.25, 0.3) is 10.9 Å². The third kappa shape index (κ3) is 5.14. The number of rotatable bonds is 7. The quantitative estimate of drug-likeness (QED) is 0.401. The first kappa shape index (κ1) is 24.1. The number of pyridine rings is 1. The maximum absolute atomic E-state index is 13.4. The molecule has 0 aliphatic carbocycles. The maximum atomic E-state index is 13.4. The van der Waals surface area contributed by atoms with Gasteiger partial charge in [0.25, 0.3) is 11.5 Å². The van der Waals surface area contributed by atoms with Crippen molar-refractivity contribution in [2.75, 3.05) is 20.1 Å². The van der Waals surface area contributed by atoms with Gasteiger partial charge in [0, 0.05) is 30.7 Å². The molecular weight excluding hydrogens is 450 g/mol. The number of likely N-dealkylation sites (tertiary alicyclic amines) is 1. The van der Waals surface area contributed by atoms with Crippen LogP contribution in [0.5, 0.6) is 0 Å². The Hall–Kier alpha value is -3.64. The Morgan fingerprint density at radius 3 is 2.53 bits per heavy atom. The van der Waals surface area contributed by atoms with Crippen LogP contribution in [0.15, 0.2) is 82.2 Å². The van der Waals surface area contributed by atoms with Gasteiger partial charge in [-0.1, -0.05) is 48.5 Å². The normalized spacial score (nSPS) is 15.7. The first-order valence-corrected chi connectivity index (χ1v) is 12.7. The highest BCUT2D eigenvalue weighted by molar-refractivity contribution is 5.95. The molecule has 0 unspecified atom stereocenters. The summed E-state index contributed by atoms with van der Waals surface area (Å²) in [5.74, 6) is 1.03. The van der Waals surface area contributed by atoms with E-state index >= 15 is 0 Å². The van der Waals surface area contributed by atoms with Crippen LogP contribution in [-0.4, -0.2) is 46.9 Å². The van der Waals surface area contributed by atoms with Crippen molar-refractivity contribution >= 4 is 16.8 Å². The lowest BCUT2D eigenvalue weighted by molar-refractivity contribution is 0.0583. The number of hydrogen-bond donors (Lipinski definition) is 1. The van der Waals surface area contributed by atoms with E-state index in [-0.39, 0.29) is 17.5 Å². The molecule has 4 aromatic rings. The van der Waals surface area contributed by atoms with Gasteiger partial charge in [0.1, 0.15) is 5.76 Å². The third-order valence-electron chi connectivity index (χ3n) is 7.60. The van der Waals surface area contributed by atoms with Crippen LogP contribution in [0.4, 0.5) is 0 Å². The first-order valence-electron chi connectivity index (χ1n) is 12.7. The number of H-pyrrole nitrogens is 1. The SMILES string of the molecule is Cc1occc1C(=O)N(C)[C@@H](Cc1ccccc1)C1CCN(Cc2cc3ccccc3[nH]c2=O)CC1. The molecule has 2 aromatic carbocycles. The largest absolute Gasteiger partial charge is 0.469 e. The van der Waals surface area contributed by atoms with Crippen LogP contribution in [-0.2, 0) is 13.0 Å². The van der Waals surface area contributed by atoms with Crippen molar-refractivity contribution in [2.24, 2.45) is 5.92 Å². The molecule has 1 aliphatic heterocycles. The smallest absolute Gasteiger partial charge is 0.257 e. The number of para-hydroxylation sites is 1. The van der Waals surface area contributed by atoms with E-state index < -0.39 is 0 Å². The van der Waals surface area contributed by atoms with Gasteiger partial charge in [-0.15, -0.1) is 0 Å². The highest BCUT2D eigenvalue weighted by Gasteiger charge is 2.33. The number of aromatic amines is 1. The summed E-state index contributed by atoms with van der Waals surface area (Å²) in [4.78, 5) is 33.3. The molecule has 6 nitrogen and oxygen atoms in total. The van der Waals surface area contributed by atoms with Crippen molar-refractivity contribution in [1.29, 1.82) is 0 Å². The standard InChI is InChI=1S/C30H33N3O3/c1-21-26(14-17-36-21)30(35)32(2)28(18-22-8-4-3-5-9-22)23-12-15-33(16-13-23)20-25-19-24-10-6-7-11-27(24)31-29(25)34/h3-11,14,17,19,23,28H,12-13,15-16,18,20H2,1-2H3,(H,31,34)/t28-/m0/s1. The van der Waals surface area contributed by atoms with Crippen LogP contribution in [0.1, 0.15) is 40.1 Å². The Labute approximate surface area is 211 Å². The van der Waals surface area contributed by atoms with Crippen molar-refractivity contribution in [2.45, 2.75) is 38.8 Å². The summed E-state index contributed by atoms with van der Waals surface area (Å²) in [5.41, 5.74) is 3.52. The molecule has 6 heteroatoms.